The molecule has 1 saturated heterocycles. The van der Waals surface area contributed by atoms with E-state index in [0.717, 1.165) is 37.0 Å². The van der Waals surface area contributed by atoms with Gasteiger partial charge in [0.15, 0.2) is 0 Å². The van der Waals surface area contributed by atoms with Crippen LogP contribution >= 0.6 is 0 Å². The molecular formula is C20H33N3O3. The number of nitrogens with zero attached hydrogens (tertiary/aromatic N) is 2. The van der Waals surface area contributed by atoms with Gasteiger partial charge in [0, 0.05) is 13.1 Å². The van der Waals surface area contributed by atoms with Crippen LogP contribution in [0.3, 0.4) is 0 Å². The largest absolute Gasteiger partial charge is 0.341 e. The van der Waals surface area contributed by atoms with Crippen LogP contribution in [0, 0.1) is 11.3 Å². The number of amides is 4. The zero-order valence-electron chi connectivity index (χ0n) is 16.6. The number of hydrogen-bond acceptors (Lipinski definition) is 3. The van der Waals surface area contributed by atoms with Crippen molar-refractivity contribution < 1.29 is 14.4 Å². The third-order valence-corrected chi connectivity index (χ3v) is 6.43. The molecule has 4 amide bonds. The molecular weight excluding hydrogens is 330 g/mol. The summed E-state index contributed by atoms with van der Waals surface area (Å²) in [6, 6.07) is -0.176. The van der Waals surface area contributed by atoms with Crippen molar-refractivity contribution in [1.82, 2.24) is 15.1 Å². The summed E-state index contributed by atoms with van der Waals surface area (Å²) in [4.78, 5) is 41.3. The molecule has 1 aliphatic heterocycles. The van der Waals surface area contributed by atoms with Gasteiger partial charge >= 0.3 is 6.03 Å². The second-order valence-electron chi connectivity index (χ2n) is 9.55. The van der Waals surface area contributed by atoms with Crippen LogP contribution < -0.4 is 5.32 Å². The highest BCUT2D eigenvalue weighted by molar-refractivity contribution is 6.09. The van der Waals surface area contributed by atoms with Gasteiger partial charge in [-0.1, -0.05) is 40.0 Å². The van der Waals surface area contributed by atoms with Crippen molar-refractivity contribution in [2.45, 2.75) is 83.7 Å². The molecule has 1 heterocycles. The van der Waals surface area contributed by atoms with Gasteiger partial charge in [0.05, 0.1) is 0 Å². The molecule has 2 saturated carbocycles. The summed E-state index contributed by atoms with van der Waals surface area (Å²) >= 11 is 0. The summed E-state index contributed by atoms with van der Waals surface area (Å²) in [7, 11) is 1.80. The van der Waals surface area contributed by atoms with E-state index < -0.39 is 11.6 Å². The molecule has 3 fully saturated rings. The first-order valence-corrected chi connectivity index (χ1v) is 10.0. The lowest BCUT2D eigenvalue weighted by atomic mass is 9.64. The van der Waals surface area contributed by atoms with Gasteiger partial charge in [-0.3, -0.25) is 14.5 Å². The molecule has 0 aromatic carbocycles. The second-order valence-corrected chi connectivity index (χ2v) is 9.55. The van der Waals surface area contributed by atoms with E-state index in [9.17, 15) is 14.4 Å². The maximum atomic E-state index is 13.1. The lowest BCUT2D eigenvalue weighted by Gasteiger charge is -2.43. The molecule has 3 rings (SSSR count). The lowest BCUT2D eigenvalue weighted by molar-refractivity contribution is -0.141. The molecule has 0 bridgehead atoms. The van der Waals surface area contributed by atoms with Gasteiger partial charge in [0.1, 0.15) is 12.1 Å². The Labute approximate surface area is 156 Å². The summed E-state index contributed by atoms with van der Waals surface area (Å²) in [6.45, 7) is 6.28. The monoisotopic (exact) mass is 363 g/mol. The van der Waals surface area contributed by atoms with Crippen LogP contribution in [0.2, 0.25) is 0 Å². The third-order valence-electron chi connectivity index (χ3n) is 6.43. The van der Waals surface area contributed by atoms with Crippen molar-refractivity contribution in [2.24, 2.45) is 11.3 Å². The molecule has 2 atom stereocenters. The van der Waals surface area contributed by atoms with E-state index >= 15 is 0 Å². The number of rotatable bonds is 3. The molecule has 26 heavy (non-hydrogen) atoms. The van der Waals surface area contributed by atoms with E-state index in [-0.39, 0.29) is 29.8 Å². The first-order valence-electron chi connectivity index (χ1n) is 10.0. The maximum absolute atomic E-state index is 13.1. The van der Waals surface area contributed by atoms with E-state index in [2.05, 4.69) is 26.1 Å². The third kappa shape index (κ3) is 3.60. The quantitative estimate of drug-likeness (QED) is 0.784. The van der Waals surface area contributed by atoms with Gasteiger partial charge in [-0.05, 0) is 43.4 Å². The molecule has 6 heteroatoms. The normalized spacial score (nSPS) is 32.0. The highest BCUT2D eigenvalue weighted by Crippen LogP contribution is 2.46. The average Bonchev–Trinajstić information content (AvgIpc) is 2.76. The van der Waals surface area contributed by atoms with Crippen molar-refractivity contribution in [3.8, 4) is 0 Å². The predicted molar refractivity (Wildman–Crippen MR) is 99.4 cm³/mol. The Bertz CT molecular complexity index is 597. The van der Waals surface area contributed by atoms with Crippen LogP contribution in [0.15, 0.2) is 0 Å². The summed E-state index contributed by atoms with van der Waals surface area (Å²) in [5.74, 6) is 0.0108. The van der Waals surface area contributed by atoms with E-state index in [1.54, 1.807) is 11.9 Å². The molecule has 0 aromatic heterocycles. The Morgan fingerprint density at radius 3 is 2.46 bits per heavy atom. The predicted octanol–water partition coefficient (Wildman–Crippen LogP) is 2.91. The number of hydrogen-bond donors (Lipinski definition) is 1. The maximum Gasteiger partial charge on any atom is 0.325 e. The SMILES string of the molecule is C[C@H]1CC(C)(C)C[C@]2(C1)NC(=O)N(CC(=O)N(C)C1CCCCC1)C2=O. The highest BCUT2D eigenvalue weighted by Gasteiger charge is 2.56. The molecule has 1 N–H and O–H groups in total. The van der Waals surface area contributed by atoms with Crippen LogP contribution in [0.4, 0.5) is 4.79 Å². The van der Waals surface area contributed by atoms with Crippen LogP contribution in [0.25, 0.3) is 0 Å². The molecule has 0 aromatic rings. The van der Waals surface area contributed by atoms with Crippen LogP contribution in [-0.4, -0.2) is 52.8 Å². The van der Waals surface area contributed by atoms with Gasteiger partial charge in [-0.2, -0.15) is 0 Å². The number of urea groups is 1. The molecule has 146 valence electrons. The first-order chi connectivity index (χ1) is 12.1. The average molecular weight is 364 g/mol. The Morgan fingerprint density at radius 2 is 1.85 bits per heavy atom. The molecule has 6 nitrogen and oxygen atoms in total. The van der Waals surface area contributed by atoms with Gasteiger partial charge in [0.25, 0.3) is 5.91 Å². The van der Waals surface area contributed by atoms with Gasteiger partial charge in [0.2, 0.25) is 5.91 Å². The lowest BCUT2D eigenvalue weighted by Crippen LogP contribution is -2.54. The summed E-state index contributed by atoms with van der Waals surface area (Å²) in [5, 5.41) is 2.95. The Balaban J connectivity index is 1.70. The molecule has 3 aliphatic rings. The first kappa shape index (κ1) is 19.2. The van der Waals surface area contributed by atoms with Crippen molar-refractivity contribution >= 4 is 17.8 Å². The van der Waals surface area contributed by atoms with E-state index in [4.69, 9.17) is 0 Å². The molecule has 0 unspecified atom stereocenters. The smallest absolute Gasteiger partial charge is 0.325 e. The zero-order valence-corrected chi connectivity index (χ0v) is 16.6. The minimum Gasteiger partial charge on any atom is -0.341 e. The number of carbonyl (C=O) groups excluding carboxylic acids is 3. The number of imide groups is 1. The Hall–Kier alpha value is -1.59. The highest BCUT2D eigenvalue weighted by atomic mass is 16.2. The summed E-state index contributed by atoms with van der Waals surface area (Å²) < 4.78 is 0. The second kappa shape index (κ2) is 6.86. The van der Waals surface area contributed by atoms with Crippen LogP contribution in [0.1, 0.15) is 72.1 Å². The van der Waals surface area contributed by atoms with E-state index in [1.165, 1.54) is 6.42 Å². The minimum absolute atomic E-state index is 0.000482. The van der Waals surface area contributed by atoms with Crippen molar-refractivity contribution in [3.05, 3.63) is 0 Å². The number of carbonyl (C=O) groups is 3. The standard InChI is InChI=1S/C20H33N3O3/c1-14-10-19(2,3)13-20(11-14)17(25)23(18(26)21-20)12-16(24)22(4)15-8-6-5-7-9-15/h14-15H,5-13H2,1-4H3,(H,21,26)/t14-,20-/m0/s1. The van der Waals surface area contributed by atoms with Crippen molar-refractivity contribution in [2.75, 3.05) is 13.6 Å². The topological polar surface area (TPSA) is 69.7 Å². The van der Waals surface area contributed by atoms with Gasteiger partial charge < -0.3 is 10.2 Å². The minimum atomic E-state index is -0.831. The van der Waals surface area contributed by atoms with Crippen molar-refractivity contribution in [1.29, 1.82) is 0 Å². The fourth-order valence-corrected chi connectivity index (χ4v) is 5.57. The van der Waals surface area contributed by atoms with Crippen LogP contribution in [-0.2, 0) is 9.59 Å². The molecule has 2 aliphatic carbocycles. The van der Waals surface area contributed by atoms with E-state index in [1.807, 2.05) is 0 Å². The van der Waals surface area contributed by atoms with Gasteiger partial charge in [-0.25, -0.2) is 4.79 Å². The van der Waals surface area contributed by atoms with E-state index in [0.29, 0.717) is 18.8 Å². The Kier molecular flexibility index (Phi) is 5.06. The number of nitrogens with one attached hydrogen (secondary N) is 1. The van der Waals surface area contributed by atoms with Gasteiger partial charge in [-0.15, -0.1) is 0 Å². The molecule has 0 radical (unpaired) electrons. The zero-order chi connectivity index (χ0) is 19.1. The summed E-state index contributed by atoms with van der Waals surface area (Å²) in [5.41, 5.74) is -0.832. The summed E-state index contributed by atoms with van der Waals surface area (Å²) in [6.07, 6.45) is 7.87. The number of likely N-dealkylation sites (N-methyl/N-ethyl adjacent to an activating group) is 1. The Morgan fingerprint density at radius 1 is 1.19 bits per heavy atom. The molecule has 1 spiro atoms. The van der Waals surface area contributed by atoms with Crippen LogP contribution in [0.5, 0.6) is 0 Å². The fraction of sp³-hybridized carbons (Fsp3) is 0.850. The fourth-order valence-electron chi connectivity index (χ4n) is 5.57. The van der Waals surface area contributed by atoms with Crippen molar-refractivity contribution in [3.63, 3.8) is 0 Å².